The molecule has 3 rings (SSSR count). The summed E-state index contributed by atoms with van der Waals surface area (Å²) >= 11 is 0. The Hall–Kier alpha value is -2.43. The summed E-state index contributed by atoms with van der Waals surface area (Å²) in [5.41, 5.74) is 2.91. The van der Waals surface area contributed by atoms with Crippen molar-refractivity contribution in [3.63, 3.8) is 0 Å². The van der Waals surface area contributed by atoms with Gasteiger partial charge in [0.2, 0.25) is 0 Å². The predicted molar refractivity (Wildman–Crippen MR) is 92.7 cm³/mol. The molecule has 0 aliphatic carbocycles. The van der Waals surface area contributed by atoms with E-state index >= 15 is 0 Å². The number of hydrogen-bond acceptors (Lipinski definition) is 3. The van der Waals surface area contributed by atoms with E-state index in [1.165, 1.54) is 0 Å². The topological polar surface area (TPSA) is 43.7 Å². The van der Waals surface area contributed by atoms with Gasteiger partial charge in [0.25, 0.3) is 5.91 Å². The minimum Gasteiger partial charge on any atom is -0.493 e. The van der Waals surface area contributed by atoms with Gasteiger partial charge in [-0.1, -0.05) is 6.07 Å². The van der Waals surface area contributed by atoms with Gasteiger partial charge in [-0.3, -0.25) is 4.79 Å². The highest BCUT2D eigenvalue weighted by Crippen LogP contribution is 2.37. The zero-order valence-corrected chi connectivity index (χ0v) is 14.7. The number of methoxy groups -OCH3 is 2. The van der Waals surface area contributed by atoms with Crippen molar-refractivity contribution < 1.29 is 14.3 Å². The van der Waals surface area contributed by atoms with E-state index in [4.69, 9.17) is 9.47 Å². The average Bonchev–Trinajstić information content (AvgIpc) is 3.21. The second-order valence-electron chi connectivity index (χ2n) is 6.19. The van der Waals surface area contributed by atoms with E-state index < -0.39 is 0 Å². The standard InChI is InChI=1S/C19H24N2O3/c1-13-7-9-16(20(13)2)19(22)21-11-5-6-15(21)14-8-10-17(23-3)18(12-14)24-4/h7-10,12,15H,5-6,11H2,1-4H3/t15-/m1/s1. The van der Waals surface area contributed by atoms with Crippen LogP contribution < -0.4 is 9.47 Å². The SMILES string of the molecule is COc1ccc([C@H]2CCCN2C(=O)c2ccc(C)n2C)cc1OC. The van der Waals surface area contributed by atoms with Crippen LogP contribution in [0.4, 0.5) is 0 Å². The lowest BCUT2D eigenvalue weighted by Gasteiger charge is -2.26. The van der Waals surface area contributed by atoms with Crippen LogP contribution in [0.2, 0.25) is 0 Å². The molecule has 2 aromatic rings. The van der Waals surface area contributed by atoms with E-state index in [2.05, 4.69) is 0 Å². The fraction of sp³-hybridized carbons (Fsp3) is 0.421. The monoisotopic (exact) mass is 328 g/mol. The molecule has 0 saturated carbocycles. The fourth-order valence-corrected chi connectivity index (χ4v) is 3.39. The van der Waals surface area contributed by atoms with Crippen LogP contribution >= 0.6 is 0 Å². The average molecular weight is 328 g/mol. The minimum absolute atomic E-state index is 0.0764. The highest BCUT2D eigenvalue weighted by atomic mass is 16.5. The Morgan fingerprint density at radius 1 is 1.12 bits per heavy atom. The molecule has 0 spiro atoms. The zero-order valence-electron chi connectivity index (χ0n) is 14.7. The normalized spacial score (nSPS) is 17.2. The van der Waals surface area contributed by atoms with Crippen molar-refractivity contribution in [2.24, 2.45) is 7.05 Å². The van der Waals surface area contributed by atoms with Gasteiger partial charge in [0.15, 0.2) is 11.5 Å². The van der Waals surface area contributed by atoms with Gasteiger partial charge in [0.1, 0.15) is 5.69 Å². The number of aryl methyl sites for hydroxylation is 1. The lowest BCUT2D eigenvalue weighted by molar-refractivity contribution is 0.0725. The van der Waals surface area contributed by atoms with Gasteiger partial charge in [0.05, 0.1) is 20.3 Å². The summed E-state index contributed by atoms with van der Waals surface area (Å²) in [6, 6.07) is 9.87. The molecule has 128 valence electrons. The number of carbonyl (C=O) groups is 1. The molecule has 1 aliphatic rings. The van der Waals surface area contributed by atoms with E-state index in [-0.39, 0.29) is 11.9 Å². The molecule has 0 radical (unpaired) electrons. The third-order valence-corrected chi connectivity index (χ3v) is 4.90. The van der Waals surface area contributed by atoms with Crippen LogP contribution in [-0.2, 0) is 7.05 Å². The molecule has 0 unspecified atom stereocenters. The Morgan fingerprint density at radius 2 is 1.88 bits per heavy atom. The second-order valence-corrected chi connectivity index (χ2v) is 6.19. The summed E-state index contributed by atoms with van der Waals surface area (Å²) in [6.07, 6.45) is 1.97. The Bertz CT molecular complexity index is 751. The van der Waals surface area contributed by atoms with Gasteiger partial charge in [-0.15, -0.1) is 0 Å². The lowest BCUT2D eigenvalue weighted by atomic mass is 10.0. The number of nitrogens with zero attached hydrogens (tertiary/aromatic N) is 2. The highest BCUT2D eigenvalue weighted by molar-refractivity contribution is 5.93. The molecule has 1 aliphatic heterocycles. The van der Waals surface area contributed by atoms with E-state index in [9.17, 15) is 4.79 Å². The van der Waals surface area contributed by atoms with Gasteiger partial charge >= 0.3 is 0 Å². The highest BCUT2D eigenvalue weighted by Gasteiger charge is 2.32. The van der Waals surface area contributed by atoms with Crippen molar-refractivity contribution in [3.8, 4) is 11.5 Å². The Morgan fingerprint density at radius 3 is 2.50 bits per heavy atom. The summed E-state index contributed by atoms with van der Waals surface area (Å²) in [6.45, 7) is 2.79. The van der Waals surface area contributed by atoms with Crippen molar-refractivity contribution in [1.82, 2.24) is 9.47 Å². The maximum atomic E-state index is 13.0. The Labute approximate surface area is 142 Å². The molecular formula is C19H24N2O3. The van der Waals surface area contributed by atoms with Crippen LogP contribution in [0, 0.1) is 6.92 Å². The maximum Gasteiger partial charge on any atom is 0.270 e. The Kier molecular flexibility index (Phi) is 4.51. The number of likely N-dealkylation sites (tertiary alicyclic amines) is 1. The molecule has 1 aromatic heterocycles. The first-order valence-electron chi connectivity index (χ1n) is 8.22. The lowest BCUT2D eigenvalue weighted by Crippen LogP contribution is -2.32. The van der Waals surface area contributed by atoms with Crippen molar-refractivity contribution in [3.05, 3.63) is 47.3 Å². The van der Waals surface area contributed by atoms with E-state index in [1.54, 1.807) is 14.2 Å². The summed E-state index contributed by atoms with van der Waals surface area (Å²) in [4.78, 5) is 15.0. The Balaban J connectivity index is 1.91. The smallest absolute Gasteiger partial charge is 0.270 e. The molecule has 0 bridgehead atoms. The van der Waals surface area contributed by atoms with Crippen molar-refractivity contribution in [2.45, 2.75) is 25.8 Å². The molecule has 1 atom stereocenters. The number of amides is 1. The number of benzene rings is 1. The molecule has 1 amide bonds. The minimum atomic E-state index is 0.0764. The quantitative estimate of drug-likeness (QED) is 0.865. The first kappa shape index (κ1) is 16.4. The summed E-state index contributed by atoms with van der Waals surface area (Å²) in [7, 11) is 5.19. The number of carbonyl (C=O) groups excluding carboxylic acids is 1. The first-order valence-corrected chi connectivity index (χ1v) is 8.22. The first-order chi connectivity index (χ1) is 11.6. The number of aromatic nitrogens is 1. The predicted octanol–water partition coefficient (Wildman–Crippen LogP) is 3.33. The van der Waals surface area contributed by atoms with Gasteiger partial charge in [-0.25, -0.2) is 0 Å². The van der Waals surface area contributed by atoms with Gasteiger partial charge < -0.3 is 18.9 Å². The molecule has 0 N–H and O–H groups in total. The molecule has 1 fully saturated rings. The molecule has 1 aromatic carbocycles. The van der Waals surface area contributed by atoms with E-state index in [0.29, 0.717) is 11.5 Å². The van der Waals surface area contributed by atoms with Gasteiger partial charge in [-0.05, 0) is 49.6 Å². The summed E-state index contributed by atoms with van der Waals surface area (Å²) < 4.78 is 12.7. The van der Waals surface area contributed by atoms with Crippen LogP contribution in [0.15, 0.2) is 30.3 Å². The number of rotatable bonds is 4. The zero-order chi connectivity index (χ0) is 17.3. The van der Waals surface area contributed by atoms with Gasteiger partial charge in [0, 0.05) is 19.3 Å². The van der Waals surface area contributed by atoms with E-state index in [1.807, 2.05) is 53.8 Å². The molecule has 5 heteroatoms. The third-order valence-electron chi connectivity index (χ3n) is 4.90. The van der Waals surface area contributed by atoms with Crippen molar-refractivity contribution in [1.29, 1.82) is 0 Å². The van der Waals surface area contributed by atoms with Crippen LogP contribution in [0.5, 0.6) is 11.5 Å². The second kappa shape index (κ2) is 6.59. The molecule has 1 saturated heterocycles. The molecule has 24 heavy (non-hydrogen) atoms. The number of hydrogen-bond donors (Lipinski definition) is 0. The van der Waals surface area contributed by atoms with Crippen molar-refractivity contribution >= 4 is 5.91 Å². The van der Waals surface area contributed by atoms with Crippen LogP contribution in [-0.4, -0.2) is 36.1 Å². The van der Waals surface area contributed by atoms with Gasteiger partial charge in [-0.2, -0.15) is 0 Å². The summed E-state index contributed by atoms with van der Waals surface area (Å²) in [5, 5.41) is 0. The largest absolute Gasteiger partial charge is 0.493 e. The van der Waals surface area contributed by atoms with Crippen LogP contribution in [0.3, 0.4) is 0 Å². The summed E-state index contributed by atoms with van der Waals surface area (Å²) in [5.74, 6) is 1.49. The van der Waals surface area contributed by atoms with Crippen LogP contribution in [0.1, 0.15) is 40.6 Å². The molecule has 5 nitrogen and oxygen atoms in total. The fourth-order valence-electron chi connectivity index (χ4n) is 3.39. The maximum absolute atomic E-state index is 13.0. The molecule has 2 heterocycles. The van der Waals surface area contributed by atoms with E-state index in [0.717, 1.165) is 36.3 Å². The molecular weight excluding hydrogens is 304 g/mol. The number of ether oxygens (including phenoxy) is 2. The van der Waals surface area contributed by atoms with Crippen LogP contribution in [0.25, 0.3) is 0 Å². The van der Waals surface area contributed by atoms with Crippen molar-refractivity contribution in [2.75, 3.05) is 20.8 Å². The third kappa shape index (κ3) is 2.75.